The maximum absolute atomic E-state index is 12.3. The number of halogens is 1. The molecule has 0 atom stereocenters. The van der Waals surface area contributed by atoms with E-state index >= 15 is 0 Å². The average Bonchev–Trinajstić information content (AvgIpc) is 3.09. The molecule has 1 aromatic heterocycles. The van der Waals surface area contributed by atoms with Gasteiger partial charge in [-0.25, -0.2) is 0 Å². The normalized spacial score (nSPS) is 16.4. The summed E-state index contributed by atoms with van der Waals surface area (Å²) in [4.78, 5) is 25.8. The van der Waals surface area contributed by atoms with Crippen molar-refractivity contribution < 1.29 is 9.59 Å². The van der Waals surface area contributed by atoms with E-state index in [0.717, 1.165) is 26.7 Å². The molecule has 1 aliphatic rings. The number of benzene rings is 1. The third-order valence-electron chi connectivity index (χ3n) is 3.35. The van der Waals surface area contributed by atoms with Crippen LogP contribution in [0.3, 0.4) is 0 Å². The van der Waals surface area contributed by atoms with Crippen LogP contribution in [0.4, 0.5) is 4.79 Å². The molecule has 0 saturated carbocycles. The molecule has 23 heavy (non-hydrogen) atoms. The van der Waals surface area contributed by atoms with E-state index < -0.39 is 0 Å². The van der Waals surface area contributed by atoms with E-state index in [9.17, 15) is 9.59 Å². The molecule has 0 bridgehead atoms. The van der Waals surface area contributed by atoms with Gasteiger partial charge in [0.1, 0.15) is 0 Å². The average molecular weight is 436 g/mol. The monoisotopic (exact) mass is 436 g/mol. The van der Waals surface area contributed by atoms with Crippen LogP contribution in [0.2, 0.25) is 0 Å². The van der Waals surface area contributed by atoms with Crippen LogP contribution in [0.15, 0.2) is 60.2 Å². The van der Waals surface area contributed by atoms with E-state index in [-0.39, 0.29) is 17.7 Å². The van der Waals surface area contributed by atoms with Gasteiger partial charge in [-0.05, 0) is 76.8 Å². The Bertz CT molecular complexity index is 808. The van der Waals surface area contributed by atoms with E-state index in [1.807, 2.05) is 47.2 Å². The lowest BCUT2D eigenvalue weighted by atomic mass is 10.3. The molecule has 1 aliphatic heterocycles. The van der Waals surface area contributed by atoms with Crippen LogP contribution in [0.5, 0.6) is 0 Å². The minimum atomic E-state index is -0.268. The minimum absolute atomic E-state index is 0.236. The van der Waals surface area contributed by atoms with Crippen molar-refractivity contribution in [1.29, 1.82) is 0 Å². The van der Waals surface area contributed by atoms with Crippen LogP contribution in [-0.4, -0.2) is 27.2 Å². The number of aromatic nitrogens is 1. The highest BCUT2D eigenvalue weighted by Gasteiger charge is 2.34. The van der Waals surface area contributed by atoms with E-state index in [2.05, 4.69) is 29.2 Å². The van der Waals surface area contributed by atoms with Crippen molar-refractivity contribution in [3.05, 3.63) is 69.4 Å². The van der Waals surface area contributed by atoms with Crippen LogP contribution < -0.4 is 0 Å². The fraction of sp³-hybridized carbons (Fsp3) is 0.0588. The van der Waals surface area contributed by atoms with Crippen LogP contribution >= 0.6 is 34.4 Å². The molecular weight excluding hydrogens is 423 g/mol. The molecule has 6 heteroatoms. The summed E-state index contributed by atoms with van der Waals surface area (Å²) in [5, 5.41) is -0.256. The van der Waals surface area contributed by atoms with Gasteiger partial charge in [-0.15, -0.1) is 6.58 Å². The van der Waals surface area contributed by atoms with Gasteiger partial charge in [-0.2, -0.15) is 0 Å². The molecule has 1 saturated heterocycles. The highest BCUT2D eigenvalue weighted by molar-refractivity contribution is 14.1. The second-order valence-corrected chi connectivity index (χ2v) is 7.10. The minimum Gasteiger partial charge on any atom is -0.317 e. The van der Waals surface area contributed by atoms with Crippen molar-refractivity contribution >= 4 is 51.6 Å². The largest absolute Gasteiger partial charge is 0.317 e. The summed E-state index contributed by atoms with van der Waals surface area (Å²) < 4.78 is 3.14. The number of nitrogens with zero attached hydrogens (tertiary/aromatic N) is 2. The summed E-state index contributed by atoms with van der Waals surface area (Å²) in [6.07, 6.45) is 5.24. The topological polar surface area (TPSA) is 42.3 Å². The lowest BCUT2D eigenvalue weighted by molar-refractivity contribution is -0.122. The zero-order chi connectivity index (χ0) is 16.4. The number of imide groups is 1. The summed E-state index contributed by atoms with van der Waals surface area (Å²) in [6.45, 7) is 3.81. The number of carbonyl (C=O) groups excluding carboxylic acids is 2. The molecule has 2 heterocycles. The molecule has 0 spiro atoms. The Morgan fingerprint density at radius 2 is 1.91 bits per heavy atom. The predicted octanol–water partition coefficient (Wildman–Crippen LogP) is 4.30. The van der Waals surface area contributed by atoms with Crippen molar-refractivity contribution in [3.8, 4) is 5.69 Å². The van der Waals surface area contributed by atoms with E-state index in [0.29, 0.717) is 4.91 Å². The molecular formula is C17H13IN2O2S. The van der Waals surface area contributed by atoms with Gasteiger partial charge in [0.2, 0.25) is 0 Å². The van der Waals surface area contributed by atoms with Crippen molar-refractivity contribution in [1.82, 2.24) is 9.47 Å². The van der Waals surface area contributed by atoms with Crippen LogP contribution in [0.25, 0.3) is 11.8 Å². The van der Waals surface area contributed by atoms with Gasteiger partial charge >= 0.3 is 0 Å². The van der Waals surface area contributed by atoms with Crippen LogP contribution in [-0.2, 0) is 4.79 Å². The summed E-state index contributed by atoms with van der Waals surface area (Å²) >= 11 is 3.22. The Kier molecular flexibility index (Phi) is 4.72. The Balaban J connectivity index is 1.94. The summed E-state index contributed by atoms with van der Waals surface area (Å²) in [7, 11) is 0. The molecule has 116 valence electrons. The van der Waals surface area contributed by atoms with E-state index in [1.54, 1.807) is 12.2 Å². The molecule has 0 unspecified atom stereocenters. The Hall–Kier alpha value is -1.80. The van der Waals surface area contributed by atoms with Crippen LogP contribution in [0.1, 0.15) is 5.69 Å². The first-order valence-corrected chi connectivity index (χ1v) is 8.79. The SMILES string of the molecule is C=CCN1C(=O)SC(=Cc2cccn2-c2ccc(I)cc2)C1=O. The molecule has 0 radical (unpaired) electrons. The molecule has 0 aliphatic carbocycles. The van der Waals surface area contributed by atoms with E-state index in [4.69, 9.17) is 0 Å². The second kappa shape index (κ2) is 6.76. The molecule has 2 amide bonds. The summed E-state index contributed by atoms with van der Waals surface area (Å²) in [6, 6.07) is 11.9. The van der Waals surface area contributed by atoms with Gasteiger partial charge in [-0.1, -0.05) is 6.08 Å². The van der Waals surface area contributed by atoms with Crippen LogP contribution in [0, 0.1) is 3.57 Å². The zero-order valence-corrected chi connectivity index (χ0v) is 15.1. The number of carbonyl (C=O) groups is 2. The van der Waals surface area contributed by atoms with Crippen molar-refractivity contribution in [3.63, 3.8) is 0 Å². The number of hydrogen-bond donors (Lipinski definition) is 0. The Labute approximate surface area is 152 Å². The van der Waals surface area contributed by atoms with Gasteiger partial charge in [0, 0.05) is 27.7 Å². The standard InChI is InChI=1S/C17H13IN2O2S/c1-2-9-20-16(21)15(23-17(20)22)11-14-4-3-10-19(14)13-7-5-12(18)6-8-13/h2-8,10-11H,1,9H2. The smallest absolute Gasteiger partial charge is 0.293 e. The molecule has 3 rings (SSSR count). The number of amides is 2. The Morgan fingerprint density at radius 1 is 1.17 bits per heavy atom. The first kappa shape index (κ1) is 16.1. The summed E-state index contributed by atoms with van der Waals surface area (Å²) in [5.41, 5.74) is 1.86. The zero-order valence-electron chi connectivity index (χ0n) is 12.1. The molecule has 4 nitrogen and oxygen atoms in total. The predicted molar refractivity (Wildman–Crippen MR) is 101 cm³/mol. The van der Waals surface area contributed by atoms with Gasteiger partial charge in [0.15, 0.2) is 0 Å². The van der Waals surface area contributed by atoms with Crippen molar-refractivity contribution in [2.75, 3.05) is 6.54 Å². The van der Waals surface area contributed by atoms with Gasteiger partial charge < -0.3 is 4.57 Å². The fourth-order valence-electron chi connectivity index (χ4n) is 2.27. The van der Waals surface area contributed by atoms with Gasteiger partial charge in [0.05, 0.1) is 4.91 Å². The highest BCUT2D eigenvalue weighted by Crippen LogP contribution is 2.32. The van der Waals surface area contributed by atoms with E-state index in [1.165, 1.54) is 4.90 Å². The molecule has 0 N–H and O–H groups in total. The lowest BCUT2D eigenvalue weighted by Gasteiger charge is -2.08. The van der Waals surface area contributed by atoms with Gasteiger partial charge in [-0.3, -0.25) is 14.5 Å². The van der Waals surface area contributed by atoms with Crippen molar-refractivity contribution in [2.45, 2.75) is 0 Å². The van der Waals surface area contributed by atoms with Crippen molar-refractivity contribution in [2.24, 2.45) is 0 Å². The maximum atomic E-state index is 12.3. The maximum Gasteiger partial charge on any atom is 0.293 e. The molecule has 2 aromatic rings. The molecule has 1 fully saturated rings. The first-order chi connectivity index (χ1) is 11.1. The number of thioether (sulfide) groups is 1. The second-order valence-electron chi connectivity index (χ2n) is 4.86. The molecule has 1 aromatic carbocycles. The third kappa shape index (κ3) is 3.28. The first-order valence-electron chi connectivity index (χ1n) is 6.89. The lowest BCUT2D eigenvalue weighted by Crippen LogP contribution is -2.27. The fourth-order valence-corrected chi connectivity index (χ4v) is 3.46. The number of rotatable bonds is 4. The Morgan fingerprint density at radius 3 is 2.61 bits per heavy atom. The number of hydrogen-bond acceptors (Lipinski definition) is 3. The highest BCUT2D eigenvalue weighted by atomic mass is 127. The third-order valence-corrected chi connectivity index (χ3v) is 4.98. The quantitative estimate of drug-likeness (QED) is 0.408. The van der Waals surface area contributed by atoms with Gasteiger partial charge in [0.25, 0.3) is 11.1 Å². The summed E-state index contributed by atoms with van der Waals surface area (Å²) in [5.74, 6) is -0.268.